The molecule has 1 aliphatic rings. The normalized spacial score (nSPS) is 14.1. The maximum atomic E-state index is 14.5. The minimum Gasteiger partial charge on any atom is -0.511 e. The molecule has 5 rings (SSSR count). The Bertz CT molecular complexity index is 4120. The predicted molar refractivity (Wildman–Crippen MR) is 506 cm³/mol. The summed E-state index contributed by atoms with van der Waals surface area (Å²) in [7, 11) is 0. The monoisotopic (exact) mass is 1900 g/mol. The molecule has 14 amide bonds. The number of carbonyl (C=O) groups excluding carboxylic acids is 12. The van der Waals surface area contributed by atoms with Crippen molar-refractivity contribution in [3.63, 3.8) is 0 Å². The summed E-state index contributed by atoms with van der Waals surface area (Å²) in [6, 6.07) is 25.1. The van der Waals surface area contributed by atoms with Crippen LogP contribution < -0.4 is 74.4 Å². The van der Waals surface area contributed by atoms with Gasteiger partial charge >= 0.3 is 41.9 Å². The Morgan fingerprint density at radius 1 is 0.279 bits per heavy atom. The van der Waals surface area contributed by atoms with Crippen LogP contribution in [0.5, 0.6) is 0 Å². The molecule has 8 atom stereocenters. The molecule has 0 aliphatic carbocycles. The number of urea groups is 2. The van der Waals surface area contributed by atoms with Gasteiger partial charge in [0.05, 0.1) is 6.04 Å². The number of hydrogen-bond acceptors (Lipinski definition) is 20. The Morgan fingerprint density at radius 2 is 0.581 bits per heavy atom. The van der Waals surface area contributed by atoms with Gasteiger partial charge in [0.1, 0.15) is 48.1 Å². The summed E-state index contributed by atoms with van der Waals surface area (Å²) in [6.45, 7) is 8.36. The molecule has 0 aromatic heterocycles. The van der Waals surface area contributed by atoms with E-state index in [2.05, 4.69) is 81.0 Å². The number of aliphatic hydroxyl groups excluding tert-OH is 1. The Balaban J connectivity index is 1.06. The fraction of sp³-hybridized carbons (Fsp3) is 0.557. The Morgan fingerprint density at radius 3 is 0.926 bits per heavy atom. The number of carboxylic acids is 5. The van der Waals surface area contributed by atoms with E-state index in [0.29, 0.717) is 130 Å². The van der Waals surface area contributed by atoms with Gasteiger partial charge in [-0.3, -0.25) is 57.5 Å². The van der Waals surface area contributed by atoms with Gasteiger partial charge in [-0.05, 0) is 138 Å². The number of nitrogens with one attached hydrogen (secondary N) is 14. The molecule has 0 saturated carbocycles. The van der Waals surface area contributed by atoms with Gasteiger partial charge in [0.2, 0.25) is 59.1 Å². The Hall–Kier alpha value is -13.1. The lowest BCUT2D eigenvalue weighted by molar-refractivity contribution is -0.142. The predicted octanol–water partition coefficient (Wildman–Crippen LogP) is 5.48. The fourth-order valence-corrected chi connectivity index (χ4v) is 15.1. The second-order valence-electron chi connectivity index (χ2n) is 33.9. The third-order valence-electron chi connectivity index (χ3n) is 22.7. The van der Waals surface area contributed by atoms with E-state index < -0.39 is 145 Å². The molecule has 39 heteroatoms. The third-order valence-corrected chi connectivity index (χ3v) is 22.7. The zero-order valence-corrected chi connectivity index (χ0v) is 77.9. The number of amides is 14. The van der Waals surface area contributed by atoms with E-state index in [1.54, 1.807) is 9.80 Å². The van der Waals surface area contributed by atoms with E-state index in [0.717, 1.165) is 67.2 Å². The van der Waals surface area contributed by atoms with Crippen molar-refractivity contribution in [1.29, 1.82) is 0 Å². The first-order chi connectivity index (χ1) is 65.4. The lowest BCUT2D eigenvalue weighted by Crippen LogP contribution is -2.55. The highest BCUT2D eigenvalue weighted by atomic mass is 16.4. The van der Waals surface area contributed by atoms with Crippen LogP contribution in [-0.4, -0.2) is 268 Å². The SMILES string of the molecule is C=C(O)C(CCCCNC(=O)CCCCCCCNC(=O)C(Cc1ccccc1)NC(=O)C(Cc1ccccc1)NC(=O)CCCC(=O)N1CCCN(C(=O)CCCC(=O)NC(Cc2ccccc2)C(=O)NC(Cc2ccccc2)C(=O)NCCCCCCCC(=O)NCCCCC(NC(=O)NC(CCC(=O)O)C(=O)O)C(=O)O)CCNCCCNCC1)NC(=O)NC(CCC(=O)O)C(=O)O. The summed E-state index contributed by atoms with van der Waals surface area (Å²) in [6.07, 6.45) is 9.51. The minimum atomic E-state index is -1.53. The summed E-state index contributed by atoms with van der Waals surface area (Å²) in [5.74, 6) is -10.7. The van der Waals surface area contributed by atoms with Gasteiger partial charge < -0.3 is 115 Å². The average Bonchev–Trinajstić information content (AvgIpc) is 0.861. The van der Waals surface area contributed by atoms with Gasteiger partial charge in [-0.15, -0.1) is 0 Å². The molecule has 748 valence electrons. The smallest absolute Gasteiger partial charge is 0.326 e. The lowest BCUT2D eigenvalue weighted by Gasteiger charge is -2.27. The van der Waals surface area contributed by atoms with E-state index in [4.69, 9.17) is 10.2 Å². The van der Waals surface area contributed by atoms with Crippen LogP contribution in [0.2, 0.25) is 0 Å². The van der Waals surface area contributed by atoms with Gasteiger partial charge in [0, 0.05) is 142 Å². The fourth-order valence-electron chi connectivity index (χ4n) is 15.1. The molecule has 0 bridgehead atoms. The highest BCUT2D eigenvalue weighted by Crippen LogP contribution is 2.17. The van der Waals surface area contributed by atoms with Gasteiger partial charge in [0.15, 0.2) is 0 Å². The number of aliphatic carboxylic acids is 5. The van der Waals surface area contributed by atoms with Gasteiger partial charge in [-0.2, -0.15) is 0 Å². The Labute approximate surface area is 794 Å². The average molecular weight is 1900 g/mol. The number of nitrogens with zero attached hydrogens (tertiary/aromatic N) is 2. The molecule has 4 aromatic carbocycles. The summed E-state index contributed by atoms with van der Waals surface area (Å²) < 4.78 is 0. The van der Waals surface area contributed by atoms with Crippen LogP contribution in [0.1, 0.15) is 215 Å². The van der Waals surface area contributed by atoms with Crippen molar-refractivity contribution in [2.75, 3.05) is 78.5 Å². The largest absolute Gasteiger partial charge is 0.511 e. The second kappa shape index (κ2) is 67.2. The van der Waals surface area contributed by atoms with Crippen molar-refractivity contribution in [1.82, 2.24) is 84.2 Å². The van der Waals surface area contributed by atoms with Crippen LogP contribution in [-0.2, 0) is 97.6 Å². The lowest BCUT2D eigenvalue weighted by atomic mass is 10.0. The van der Waals surface area contributed by atoms with E-state index in [1.165, 1.54) is 0 Å². The number of rotatable bonds is 64. The maximum Gasteiger partial charge on any atom is 0.326 e. The summed E-state index contributed by atoms with van der Waals surface area (Å²) in [4.78, 5) is 223. The van der Waals surface area contributed by atoms with Crippen molar-refractivity contribution in [2.45, 2.75) is 267 Å². The number of benzene rings is 4. The van der Waals surface area contributed by atoms with Crippen molar-refractivity contribution in [3.05, 3.63) is 156 Å². The van der Waals surface area contributed by atoms with Crippen LogP contribution in [0.3, 0.4) is 0 Å². The maximum absolute atomic E-state index is 14.5. The van der Waals surface area contributed by atoms with Gasteiger partial charge in [-0.25, -0.2) is 24.0 Å². The molecule has 0 radical (unpaired) electrons. The summed E-state index contributed by atoms with van der Waals surface area (Å²) >= 11 is 0. The van der Waals surface area contributed by atoms with Crippen molar-refractivity contribution in [2.24, 2.45) is 0 Å². The van der Waals surface area contributed by atoms with E-state index in [9.17, 15) is 102 Å². The van der Waals surface area contributed by atoms with E-state index in [1.807, 2.05) is 121 Å². The first-order valence-electron chi connectivity index (χ1n) is 47.5. The molecule has 136 heavy (non-hydrogen) atoms. The number of aliphatic hydroxyl groups is 1. The van der Waals surface area contributed by atoms with Gasteiger partial charge in [-0.1, -0.05) is 166 Å². The van der Waals surface area contributed by atoms with Gasteiger partial charge in [0.25, 0.3) is 0 Å². The van der Waals surface area contributed by atoms with Crippen molar-refractivity contribution >= 4 is 101 Å². The molecular weight excluding hydrogens is 1760 g/mol. The molecule has 39 nitrogen and oxygen atoms in total. The molecule has 1 aliphatic heterocycles. The molecule has 4 aromatic rings. The first-order valence-corrected chi connectivity index (χ1v) is 47.5. The highest BCUT2D eigenvalue weighted by molar-refractivity contribution is 5.94. The quantitative estimate of drug-likeness (QED) is 0.0192. The number of unbranched alkanes of at least 4 members (excludes halogenated alkanes) is 10. The molecular formula is C97H142N16O23. The first kappa shape index (κ1) is 113. The van der Waals surface area contributed by atoms with Crippen LogP contribution in [0.4, 0.5) is 9.59 Å². The van der Waals surface area contributed by atoms with Crippen LogP contribution in [0, 0.1) is 0 Å². The third kappa shape index (κ3) is 50.9. The van der Waals surface area contributed by atoms with Crippen LogP contribution in [0.15, 0.2) is 134 Å². The Kier molecular flexibility index (Phi) is 56.0. The topological polar surface area (TPSA) is 586 Å². The highest BCUT2D eigenvalue weighted by Gasteiger charge is 2.32. The van der Waals surface area contributed by atoms with Crippen molar-refractivity contribution in [3.8, 4) is 0 Å². The van der Waals surface area contributed by atoms with E-state index in [-0.39, 0.29) is 132 Å². The molecule has 1 fully saturated rings. The van der Waals surface area contributed by atoms with Crippen molar-refractivity contribution < 1.29 is 112 Å². The molecule has 1 heterocycles. The number of carboxylic acid groups (broad SMARTS) is 5. The van der Waals surface area contributed by atoms with Crippen LogP contribution in [0.25, 0.3) is 0 Å². The molecule has 8 unspecified atom stereocenters. The summed E-state index contributed by atoms with van der Waals surface area (Å²) in [5.41, 5.74) is 3.09. The zero-order chi connectivity index (χ0) is 99.0. The second-order valence-corrected chi connectivity index (χ2v) is 33.9. The van der Waals surface area contributed by atoms with E-state index >= 15 is 0 Å². The molecule has 20 N–H and O–H groups in total. The minimum absolute atomic E-state index is 0.0133. The van der Waals surface area contributed by atoms with Crippen LogP contribution >= 0.6 is 0 Å². The standard InChI is InChI=1S/C97H142N16O23/c1-68(114)73(108-96(135)110-75(94(131)132)48-50-87(121)122)40-22-26-54-100-81(115)42-20-4-2-6-24-56-102-89(125)77(64-69-32-12-8-13-33-69)106-91(127)79(66-71-36-16-10-17-37-71)104-83(117)44-28-46-85(119)112-60-31-61-113(63-59-99-53-30-52-98-58-62-112)86(120)47-29-45-84(118)105-80(67-72-38-18-11-19-39-72)92(128)107-78(65-70-34-14-9-15-35-70)90(126)103-57-25-7-3-5-21-43-82(116)101-55-27-23-41-74(93(129)130)109-97(136)111-76(95(133)134)49-51-88(123)124/h8-19,32-39,73-80,98-99,114H,1-7,20-31,40-67H2,(H,100,115)(H,101,116)(H,102,125)(H,103,126)(H,104,117)(H,105,118)(H,106,127)(H,107,128)(H,121,122)(H,123,124)(H,129,130)(H,131,132)(H,133,134)(H2,108,110,135)(H2,109,111,136). The molecule has 0 spiro atoms. The molecule has 1 saturated heterocycles. The number of carbonyl (C=O) groups is 17. The summed E-state index contributed by atoms with van der Waals surface area (Å²) in [5, 5.41) is 95.0. The zero-order valence-electron chi connectivity index (χ0n) is 77.9. The number of hydrogen-bond donors (Lipinski definition) is 20.